The molecule has 0 aromatic heterocycles. The lowest BCUT2D eigenvalue weighted by atomic mass is 10.0. The summed E-state index contributed by atoms with van der Waals surface area (Å²) in [6, 6.07) is 0.518. The summed E-state index contributed by atoms with van der Waals surface area (Å²) in [4.78, 5) is 0. The molecule has 0 aromatic carbocycles. The van der Waals surface area contributed by atoms with Gasteiger partial charge in [-0.1, -0.05) is 0 Å². The van der Waals surface area contributed by atoms with Gasteiger partial charge in [0.2, 0.25) is 0 Å². The summed E-state index contributed by atoms with van der Waals surface area (Å²) in [6.07, 6.45) is 2.22. The third-order valence-electron chi connectivity index (χ3n) is 3.08. The van der Waals surface area contributed by atoms with Crippen molar-refractivity contribution in [3.05, 3.63) is 0 Å². The number of piperidine rings is 1. The lowest BCUT2D eigenvalue weighted by Gasteiger charge is -2.33. The van der Waals surface area contributed by atoms with Crippen LogP contribution in [0.25, 0.3) is 0 Å². The minimum atomic E-state index is -0.821. The first-order chi connectivity index (χ1) is 6.86. The molecule has 0 bridgehead atoms. The van der Waals surface area contributed by atoms with Crippen LogP contribution in [0.1, 0.15) is 19.3 Å². The molecule has 0 amide bonds. The quantitative estimate of drug-likeness (QED) is 0.797. The predicted molar refractivity (Wildman–Crippen MR) is 67.6 cm³/mol. The minimum absolute atomic E-state index is 0. The monoisotopic (exact) mass is 274 g/mol. The van der Waals surface area contributed by atoms with Crippen LogP contribution in [0.2, 0.25) is 0 Å². The Labute approximate surface area is 109 Å². The maximum Gasteiger partial charge on any atom is 0.139 e. The maximum absolute atomic E-state index is 13.4. The number of hydrogen-bond donors (Lipinski definition) is 2. The van der Waals surface area contributed by atoms with Gasteiger partial charge in [0, 0.05) is 18.7 Å². The first-order valence-electron chi connectivity index (χ1n) is 5.55. The number of ether oxygens (including phenoxy) is 1. The maximum atomic E-state index is 13.4. The van der Waals surface area contributed by atoms with Crippen LogP contribution in [0.4, 0.5) is 4.39 Å². The molecule has 2 heterocycles. The Balaban J connectivity index is 0.00000112. The van der Waals surface area contributed by atoms with E-state index in [1.165, 1.54) is 0 Å². The van der Waals surface area contributed by atoms with E-state index in [4.69, 9.17) is 4.74 Å². The second-order valence-corrected chi connectivity index (χ2v) is 4.18. The number of halogens is 3. The molecule has 0 aliphatic carbocycles. The van der Waals surface area contributed by atoms with Gasteiger partial charge in [0.15, 0.2) is 0 Å². The van der Waals surface area contributed by atoms with Crippen LogP contribution in [-0.2, 0) is 4.74 Å². The summed E-state index contributed by atoms with van der Waals surface area (Å²) in [7, 11) is 0. The third kappa shape index (κ3) is 4.72. The second-order valence-electron chi connectivity index (χ2n) is 4.18. The van der Waals surface area contributed by atoms with Crippen LogP contribution in [0.5, 0.6) is 0 Å². The van der Waals surface area contributed by atoms with Crippen molar-refractivity contribution in [2.24, 2.45) is 0 Å². The van der Waals surface area contributed by atoms with Gasteiger partial charge >= 0.3 is 0 Å². The Morgan fingerprint density at radius 3 is 2.44 bits per heavy atom. The molecule has 0 aromatic rings. The van der Waals surface area contributed by atoms with Gasteiger partial charge in [0.05, 0.1) is 6.61 Å². The number of rotatable bonds is 2. The molecule has 6 heteroatoms. The van der Waals surface area contributed by atoms with E-state index in [9.17, 15) is 4.39 Å². The molecule has 2 aliphatic heterocycles. The van der Waals surface area contributed by atoms with E-state index >= 15 is 0 Å². The lowest BCUT2D eigenvalue weighted by molar-refractivity contribution is 0.00990. The topological polar surface area (TPSA) is 33.3 Å². The smallest absolute Gasteiger partial charge is 0.139 e. The summed E-state index contributed by atoms with van der Waals surface area (Å²) in [5.41, 5.74) is 0. The zero-order valence-electron chi connectivity index (χ0n) is 9.28. The molecular weight excluding hydrogens is 254 g/mol. The average molecular weight is 275 g/mol. The molecule has 98 valence electrons. The van der Waals surface area contributed by atoms with Crippen LogP contribution in [0.3, 0.4) is 0 Å². The van der Waals surface area contributed by atoms with Crippen LogP contribution in [0, 0.1) is 0 Å². The van der Waals surface area contributed by atoms with E-state index in [0.717, 1.165) is 32.4 Å². The zero-order chi connectivity index (χ0) is 9.80. The molecule has 2 unspecified atom stereocenters. The van der Waals surface area contributed by atoms with E-state index in [2.05, 4.69) is 10.6 Å². The summed E-state index contributed by atoms with van der Waals surface area (Å²) < 4.78 is 18.5. The Morgan fingerprint density at radius 2 is 1.81 bits per heavy atom. The second kappa shape index (κ2) is 8.48. The Bertz CT molecular complexity index is 182. The predicted octanol–water partition coefficient (Wildman–Crippen LogP) is 1.30. The van der Waals surface area contributed by atoms with Gasteiger partial charge in [-0.3, -0.25) is 0 Å². The number of alkyl halides is 1. The average Bonchev–Trinajstić information content (AvgIpc) is 2.23. The number of hydrogen-bond acceptors (Lipinski definition) is 3. The van der Waals surface area contributed by atoms with Gasteiger partial charge in [0.1, 0.15) is 6.17 Å². The van der Waals surface area contributed by atoms with E-state index < -0.39 is 6.17 Å². The Kier molecular flexibility index (Phi) is 8.68. The van der Waals surface area contributed by atoms with Crippen molar-refractivity contribution in [2.75, 3.05) is 26.3 Å². The molecule has 2 N–H and O–H groups in total. The third-order valence-corrected chi connectivity index (χ3v) is 3.08. The zero-order valence-corrected chi connectivity index (χ0v) is 10.9. The van der Waals surface area contributed by atoms with E-state index in [0.29, 0.717) is 12.6 Å². The summed E-state index contributed by atoms with van der Waals surface area (Å²) in [5.74, 6) is 0. The summed E-state index contributed by atoms with van der Waals surface area (Å²) >= 11 is 0. The van der Waals surface area contributed by atoms with Crippen molar-refractivity contribution in [1.82, 2.24) is 10.6 Å². The van der Waals surface area contributed by atoms with Crippen molar-refractivity contribution in [3.8, 4) is 0 Å². The first-order valence-corrected chi connectivity index (χ1v) is 5.55. The highest BCUT2D eigenvalue weighted by atomic mass is 35.5. The molecular formula is C10H21Cl2FN2O. The minimum Gasteiger partial charge on any atom is -0.378 e. The van der Waals surface area contributed by atoms with Crippen molar-refractivity contribution >= 4 is 24.8 Å². The summed E-state index contributed by atoms with van der Waals surface area (Å²) in [5, 5.41) is 6.72. The number of nitrogens with one attached hydrogen (secondary N) is 2. The molecule has 2 atom stereocenters. The fourth-order valence-electron chi connectivity index (χ4n) is 2.18. The normalized spacial score (nSPS) is 31.3. The largest absolute Gasteiger partial charge is 0.378 e. The first kappa shape index (κ1) is 16.4. The standard InChI is InChI=1S/C10H19FN2O.2ClH/c11-9-7-14-6-3-10(9)13-8-1-4-12-5-2-8;;/h8-10,12-13H,1-7H2;2*1H. The highest BCUT2D eigenvalue weighted by Gasteiger charge is 2.27. The van der Waals surface area contributed by atoms with E-state index in [1.54, 1.807) is 0 Å². The Hall–Kier alpha value is 0.390. The molecule has 3 nitrogen and oxygen atoms in total. The van der Waals surface area contributed by atoms with Crippen LogP contribution < -0.4 is 10.6 Å². The van der Waals surface area contributed by atoms with Crippen LogP contribution in [-0.4, -0.2) is 44.6 Å². The fourth-order valence-corrected chi connectivity index (χ4v) is 2.18. The Morgan fingerprint density at radius 1 is 1.12 bits per heavy atom. The highest BCUT2D eigenvalue weighted by Crippen LogP contribution is 2.14. The van der Waals surface area contributed by atoms with Gasteiger partial charge in [-0.05, 0) is 32.4 Å². The molecule has 2 saturated heterocycles. The van der Waals surface area contributed by atoms with Crippen LogP contribution in [0.15, 0.2) is 0 Å². The van der Waals surface area contributed by atoms with Gasteiger partial charge < -0.3 is 15.4 Å². The molecule has 16 heavy (non-hydrogen) atoms. The lowest BCUT2D eigenvalue weighted by Crippen LogP contribution is -2.51. The van der Waals surface area contributed by atoms with Gasteiger partial charge in [-0.25, -0.2) is 4.39 Å². The molecule has 0 spiro atoms. The fraction of sp³-hybridized carbons (Fsp3) is 1.00. The van der Waals surface area contributed by atoms with Crippen molar-refractivity contribution in [3.63, 3.8) is 0 Å². The van der Waals surface area contributed by atoms with Gasteiger partial charge in [0.25, 0.3) is 0 Å². The molecule has 2 fully saturated rings. The SMILES string of the molecule is Cl.Cl.FC1COCCC1NC1CCNCC1. The van der Waals surface area contributed by atoms with E-state index in [1.807, 2.05) is 0 Å². The summed E-state index contributed by atoms with van der Waals surface area (Å²) in [6.45, 7) is 3.07. The van der Waals surface area contributed by atoms with Crippen molar-refractivity contribution in [1.29, 1.82) is 0 Å². The van der Waals surface area contributed by atoms with Gasteiger partial charge in [-0.15, -0.1) is 24.8 Å². The highest BCUT2D eigenvalue weighted by molar-refractivity contribution is 5.85. The van der Waals surface area contributed by atoms with E-state index in [-0.39, 0.29) is 37.5 Å². The van der Waals surface area contributed by atoms with Gasteiger partial charge in [-0.2, -0.15) is 0 Å². The molecule has 2 rings (SSSR count). The molecule has 0 saturated carbocycles. The molecule has 2 aliphatic rings. The van der Waals surface area contributed by atoms with Crippen molar-refractivity contribution in [2.45, 2.75) is 37.5 Å². The van der Waals surface area contributed by atoms with Crippen LogP contribution >= 0.6 is 24.8 Å². The molecule has 0 radical (unpaired) electrons. The van der Waals surface area contributed by atoms with Crippen molar-refractivity contribution < 1.29 is 9.13 Å².